The van der Waals surface area contributed by atoms with Gasteiger partial charge in [0.1, 0.15) is 5.01 Å². The summed E-state index contributed by atoms with van der Waals surface area (Å²) in [6, 6.07) is 10.2. The number of para-hydroxylation sites is 1. The molecule has 2 heterocycles. The number of nitrogens with one attached hydrogen (secondary N) is 2. The molecule has 2 N–H and O–H groups in total. The van der Waals surface area contributed by atoms with Crippen molar-refractivity contribution in [3.63, 3.8) is 0 Å². The lowest BCUT2D eigenvalue weighted by Crippen LogP contribution is -2.36. The summed E-state index contributed by atoms with van der Waals surface area (Å²) in [5.41, 5.74) is 3.41. The van der Waals surface area contributed by atoms with E-state index in [1.807, 2.05) is 30.5 Å². The Morgan fingerprint density at radius 2 is 1.88 bits per heavy atom. The van der Waals surface area contributed by atoms with Gasteiger partial charge in [0.15, 0.2) is 5.96 Å². The zero-order valence-electron chi connectivity index (χ0n) is 15.7. The number of rotatable bonds is 4. The highest BCUT2D eigenvalue weighted by molar-refractivity contribution is 7.09. The second-order valence-corrected chi connectivity index (χ2v) is 8.09. The highest BCUT2D eigenvalue weighted by Crippen LogP contribution is 2.23. The summed E-state index contributed by atoms with van der Waals surface area (Å²) in [7, 11) is 1.78. The van der Waals surface area contributed by atoms with Crippen LogP contribution in [0.15, 0.2) is 46.9 Å². The molecule has 0 aliphatic rings. The first-order valence-electron chi connectivity index (χ1n) is 8.69. The summed E-state index contributed by atoms with van der Waals surface area (Å²) in [5, 5.41) is 11.1. The number of thiazole rings is 1. The second kappa shape index (κ2) is 7.83. The van der Waals surface area contributed by atoms with Crippen molar-refractivity contribution in [3.8, 4) is 0 Å². The largest absolute Gasteiger partial charge is 0.352 e. The lowest BCUT2D eigenvalue weighted by atomic mass is 9.93. The van der Waals surface area contributed by atoms with E-state index >= 15 is 0 Å². The average Bonchev–Trinajstić information content (AvgIpc) is 3.11. The van der Waals surface area contributed by atoms with Crippen molar-refractivity contribution >= 4 is 28.2 Å². The number of hydrogen-bond acceptors (Lipinski definition) is 4. The summed E-state index contributed by atoms with van der Waals surface area (Å²) in [4.78, 5) is 13.4. The van der Waals surface area contributed by atoms with Crippen molar-refractivity contribution < 1.29 is 0 Å². The molecule has 26 heavy (non-hydrogen) atoms. The molecule has 1 aromatic carbocycles. The fourth-order valence-corrected chi connectivity index (χ4v) is 3.57. The van der Waals surface area contributed by atoms with Crippen molar-refractivity contribution in [1.82, 2.24) is 20.6 Å². The van der Waals surface area contributed by atoms with Crippen LogP contribution in [0.5, 0.6) is 0 Å². The molecule has 0 atom stereocenters. The van der Waals surface area contributed by atoms with E-state index in [0.717, 1.165) is 27.6 Å². The third-order valence-corrected chi connectivity index (χ3v) is 4.99. The van der Waals surface area contributed by atoms with Crippen LogP contribution < -0.4 is 10.6 Å². The van der Waals surface area contributed by atoms with Gasteiger partial charge >= 0.3 is 0 Å². The quantitative estimate of drug-likeness (QED) is 0.543. The van der Waals surface area contributed by atoms with Crippen LogP contribution in [0.2, 0.25) is 0 Å². The average molecular weight is 368 g/mol. The van der Waals surface area contributed by atoms with Gasteiger partial charge in [-0.1, -0.05) is 39.0 Å². The molecule has 0 radical (unpaired) electrons. The Bertz CT molecular complexity index is 902. The highest BCUT2D eigenvalue weighted by atomic mass is 32.1. The van der Waals surface area contributed by atoms with Crippen LogP contribution in [0.4, 0.5) is 0 Å². The van der Waals surface area contributed by atoms with Crippen molar-refractivity contribution in [2.24, 2.45) is 4.99 Å². The molecule has 0 fully saturated rings. The van der Waals surface area contributed by atoms with E-state index in [4.69, 9.17) is 4.98 Å². The number of guanidine groups is 1. The van der Waals surface area contributed by atoms with Gasteiger partial charge in [-0.15, -0.1) is 11.3 Å². The van der Waals surface area contributed by atoms with Crippen LogP contribution in [0.1, 0.15) is 37.0 Å². The zero-order chi connectivity index (χ0) is 18.6. The molecule has 6 heteroatoms. The van der Waals surface area contributed by atoms with Gasteiger partial charge in [0.2, 0.25) is 0 Å². The molecular weight excluding hydrogens is 342 g/mol. The van der Waals surface area contributed by atoms with Gasteiger partial charge in [-0.3, -0.25) is 9.98 Å². The smallest absolute Gasteiger partial charge is 0.191 e. The maximum Gasteiger partial charge on any atom is 0.191 e. The minimum atomic E-state index is 0.0804. The first kappa shape index (κ1) is 18.3. The summed E-state index contributed by atoms with van der Waals surface area (Å²) >= 11 is 1.68. The van der Waals surface area contributed by atoms with Crippen LogP contribution in [0.25, 0.3) is 10.9 Å². The predicted octanol–water partition coefficient (Wildman–Crippen LogP) is 3.85. The number of aliphatic imine (C=N–C) groups is 1. The number of fused-ring (bicyclic) bond motifs is 1. The summed E-state index contributed by atoms with van der Waals surface area (Å²) in [6.45, 7) is 7.89. The lowest BCUT2D eigenvalue weighted by molar-refractivity contribution is 0.570. The molecule has 0 unspecified atom stereocenters. The van der Waals surface area contributed by atoms with Gasteiger partial charge in [-0.05, 0) is 17.7 Å². The standard InChI is InChI=1S/C20H25N5S/c1-20(2,3)17-13-26-18(25-17)12-24-19(21-4)23-11-14-9-10-22-16-8-6-5-7-15(14)16/h5-10,13H,11-12H2,1-4H3,(H2,21,23,24). The molecular formula is C20H25N5S. The Kier molecular flexibility index (Phi) is 5.52. The molecule has 0 spiro atoms. The molecule has 2 aromatic heterocycles. The maximum atomic E-state index is 4.71. The van der Waals surface area contributed by atoms with E-state index in [0.29, 0.717) is 13.1 Å². The van der Waals surface area contributed by atoms with Gasteiger partial charge in [0, 0.05) is 36.0 Å². The third kappa shape index (κ3) is 4.38. The van der Waals surface area contributed by atoms with Gasteiger partial charge < -0.3 is 10.6 Å². The SMILES string of the molecule is CN=C(NCc1nc(C(C)(C)C)cs1)NCc1ccnc2ccccc12. The van der Waals surface area contributed by atoms with Gasteiger partial charge in [0.05, 0.1) is 17.8 Å². The predicted molar refractivity (Wildman–Crippen MR) is 110 cm³/mol. The number of pyridine rings is 1. The first-order valence-corrected chi connectivity index (χ1v) is 9.57. The number of hydrogen-bond donors (Lipinski definition) is 2. The zero-order valence-corrected chi connectivity index (χ0v) is 16.5. The highest BCUT2D eigenvalue weighted by Gasteiger charge is 2.17. The van der Waals surface area contributed by atoms with Crippen LogP contribution >= 0.6 is 11.3 Å². The topological polar surface area (TPSA) is 62.2 Å². The Morgan fingerprint density at radius 3 is 2.62 bits per heavy atom. The van der Waals surface area contributed by atoms with Crippen LogP contribution in [0, 0.1) is 0 Å². The molecule has 0 saturated carbocycles. The minimum Gasteiger partial charge on any atom is -0.352 e. The summed E-state index contributed by atoms with van der Waals surface area (Å²) < 4.78 is 0. The molecule has 0 bridgehead atoms. The number of aromatic nitrogens is 2. The fourth-order valence-electron chi connectivity index (χ4n) is 2.60. The molecule has 0 amide bonds. The van der Waals surface area contributed by atoms with Crippen LogP contribution in [-0.4, -0.2) is 23.0 Å². The first-order chi connectivity index (χ1) is 12.5. The van der Waals surface area contributed by atoms with E-state index in [2.05, 4.69) is 52.8 Å². The van der Waals surface area contributed by atoms with Crippen LogP contribution in [-0.2, 0) is 18.5 Å². The van der Waals surface area contributed by atoms with Gasteiger partial charge in [-0.25, -0.2) is 4.98 Å². The maximum absolute atomic E-state index is 4.71. The van der Waals surface area contributed by atoms with Crippen molar-refractivity contribution in [2.45, 2.75) is 39.3 Å². The molecule has 0 aliphatic heterocycles. The Morgan fingerprint density at radius 1 is 1.12 bits per heavy atom. The molecule has 0 aliphatic carbocycles. The molecule has 5 nitrogen and oxygen atoms in total. The molecule has 3 aromatic rings. The van der Waals surface area contributed by atoms with E-state index in [9.17, 15) is 0 Å². The van der Waals surface area contributed by atoms with Crippen molar-refractivity contribution in [2.75, 3.05) is 7.05 Å². The lowest BCUT2D eigenvalue weighted by Gasteiger charge is -2.14. The van der Waals surface area contributed by atoms with E-state index in [-0.39, 0.29) is 5.41 Å². The summed E-state index contributed by atoms with van der Waals surface area (Å²) in [5.74, 6) is 0.762. The molecule has 0 saturated heterocycles. The minimum absolute atomic E-state index is 0.0804. The Hall–Kier alpha value is -2.47. The Labute approximate surface area is 158 Å². The molecule has 136 valence electrons. The number of nitrogens with zero attached hydrogens (tertiary/aromatic N) is 3. The van der Waals surface area contributed by atoms with Crippen molar-refractivity contribution in [1.29, 1.82) is 0 Å². The van der Waals surface area contributed by atoms with E-state index in [1.54, 1.807) is 18.4 Å². The third-order valence-electron chi connectivity index (χ3n) is 4.14. The number of benzene rings is 1. The van der Waals surface area contributed by atoms with Gasteiger partial charge in [0.25, 0.3) is 0 Å². The van der Waals surface area contributed by atoms with Crippen LogP contribution in [0.3, 0.4) is 0 Å². The summed E-state index contributed by atoms with van der Waals surface area (Å²) in [6.07, 6.45) is 1.85. The normalized spacial score (nSPS) is 12.4. The van der Waals surface area contributed by atoms with E-state index < -0.39 is 0 Å². The Balaban J connectivity index is 1.61. The fraction of sp³-hybridized carbons (Fsp3) is 0.350. The second-order valence-electron chi connectivity index (χ2n) is 7.14. The van der Waals surface area contributed by atoms with Crippen molar-refractivity contribution in [3.05, 3.63) is 58.2 Å². The van der Waals surface area contributed by atoms with Gasteiger partial charge in [-0.2, -0.15) is 0 Å². The molecule has 3 rings (SSSR count). The van der Waals surface area contributed by atoms with E-state index in [1.165, 1.54) is 5.56 Å². The monoisotopic (exact) mass is 367 g/mol.